The quantitative estimate of drug-likeness (QED) is 0.942. The van der Waals surface area contributed by atoms with E-state index in [2.05, 4.69) is 32.8 Å². The lowest BCUT2D eigenvalue weighted by molar-refractivity contribution is 0.628. The van der Waals surface area contributed by atoms with E-state index < -0.39 is 0 Å². The smallest absolute Gasteiger partial charge is 0.161 e. The molecular weight excluding hydrogens is 297 g/mol. The fourth-order valence-corrected chi connectivity index (χ4v) is 2.02. The summed E-state index contributed by atoms with van der Waals surface area (Å²) in [5.41, 5.74) is 7.48. The number of halogens is 2. The average molecular weight is 310 g/mol. The molecule has 0 unspecified atom stereocenters. The molecule has 94 valence electrons. The zero-order chi connectivity index (χ0) is 13.1. The highest BCUT2D eigenvalue weighted by atomic mass is 79.9. The van der Waals surface area contributed by atoms with Crippen LogP contribution in [0.2, 0.25) is 0 Å². The Kier molecular flexibility index (Phi) is 3.91. The van der Waals surface area contributed by atoms with Gasteiger partial charge >= 0.3 is 0 Å². The maximum absolute atomic E-state index is 12.9. The molecule has 2 aromatic rings. The van der Waals surface area contributed by atoms with E-state index in [1.54, 1.807) is 12.1 Å². The molecule has 2 N–H and O–H groups in total. The summed E-state index contributed by atoms with van der Waals surface area (Å²) in [5, 5.41) is 0. The van der Waals surface area contributed by atoms with Crippen molar-refractivity contribution < 1.29 is 4.39 Å². The molecule has 1 aromatic heterocycles. The second-order valence-electron chi connectivity index (χ2n) is 3.95. The molecule has 0 radical (unpaired) electrons. The van der Waals surface area contributed by atoms with E-state index in [9.17, 15) is 4.39 Å². The molecule has 0 atom stereocenters. The van der Waals surface area contributed by atoms with Crippen LogP contribution in [0.25, 0.3) is 11.4 Å². The summed E-state index contributed by atoms with van der Waals surface area (Å²) >= 11 is 3.39. The molecule has 0 aliphatic carbocycles. The summed E-state index contributed by atoms with van der Waals surface area (Å²) in [6.45, 7) is 2.07. The Balaban J connectivity index is 2.48. The van der Waals surface area contributed by atoms with Crippen molar-refractivity contribution in [3.05, 3.63) is 40.2 Å². The first kappa shape index (κ1) is 13.0. The highest BCUT2D eigenvalue weighted by Crippen LogP contribution is 2.26. The normalized spacial score (nSPS) is 10.6. The number of hydrogen-bond acceptors (Lipinski definition) is 3. The Morgan fingerprint density at radius 1 is 1.22 bits per heavy atom. The lowest BCUT2D eigenvalue weighted by atomic mass is 10.2. The molecule has 1 aromatic carbocycles. The monoisotopic (exact) mass is 309 g/mol. The number of benzene rings is 1. The third-order valence-electron chi connectivity index (χ3n) is 2.53. The Morgan fingerprint density at radius 3 is 2.50 bits per heavy atom. The van der Waals surface area contributed by atoms with E-state index >= 15 is 0 Å². The van der Waals surface area contributed by atoms with Crippen LogP contribution in [-0.4, -0.2) is 9.97 Å². The van der Waals surface area contributed by atoms with Gasteiger partial charge in [-0.3, -0.25) is 0 Å². The van der Waals surface area contributed by atoms with E-state index in [1.165, 1.54) is 12.1 Å². The van der Waals surface area contributed by atoms with Crippen LogP contribution in [-0.2, 0) is 6.42 Å². The lowest BCUT2D eigenvalue weighted by Crippen LogP contribution is -2.02. The van der Waals surface area contributed by atoms with E-state index in [-0.39, 0.29) is 5.82 Å². The molecule has 0 spiro atoms. The summed E-state index contributed by atoms with van der Waals surface area (Å²) in [6, 6.07) is 6.06. The van der Waals surface area contributed by atoms with Crippen molar-refractivity contribution in [2.75, 3.05) is 5.73 Å². The van der Waals surface area contributed by atoms with Gasteiger partial charge in [-0.25, -0.2) is 14.4 Å². The van der Waals surface area contributed by atoms with Crippen molar-refractivity contribution in [2.24, 2.45) is 0 Å². The molecule has 0 saturated carbocycles. The first-order valence-corrected chi connectivity index (χ1v) is 6.49. The van der Waals surface area contributed by atoms with Gasteiger partial charge in [-0.05, 0) is 46.6 Å². The summed E-state index contributed by atoms with van der Waals surface area (Å²) in [7, 11) is 0. The second kappa shape index (κ2) is 5.44. The molecule has 3 nitrogen and oxygen atoms in total. The predicted octanol–water partition coefficient (Wildman–Crippen LogP) is 3.58. The Morgan fingerprint density at radius 2 is 1.89 bits per heavy atom. The summed E-state index contributed by atoms with van der Waals surface area (Å²) in [4.78, 5) is 8.68. The first-order chi connectivity index (χ1) is 8.61. The van der Waals surface area contributed by atoms with Crippen molar-refractivity contribution in [2.45, 2.75) is 19.8 Å². The van der Waals surface area contributed by atoms with Gasteiger partial charge in [0.15, 0.2) is 5.82 Å². The van der Waals surface area contributed by atoms with Crippen LogP contribution in [0.4, 0.5) is 10.2 Å². The van der Waals surface area contributed by atoms with Crippen molar-refractivity contribution >= 4 is 21.7 Å². The zero-order valence-corrected chi connectivity index (χ0v) is 11.5. The predicted molar refractivity (Wildman–Crippen MR) is 73.5 cm³/mol. The Bertz CT molecular complexity index is 555. The third kappa shape index (κ3) is 2.67. The van der Waals surface area contributed by atoms with Crippen molar-refractivity contribution in [3.8, 4) is 11.4 Å². The van der Waals surface area contributed by atoms with Crippen molar-refractivity contribution in [1.82, 2.24) is 9.97 Å². The average Bonchev–Trinajstić information content (AvgIpc) is 2.36. The number of rotatable bonds is 3. The van der Waals surface area contributed by atoms with Gasteiger partial charge in [0.2, 0.25) is 0 Å². The van der Waals surface area contributed by atoms with Crippen LogP contribution in [0.5, 0.6) is 0 Å². The van der Waals surface area contributed by atoms with Crippen LogP contribution >= 0.6 is 15.9 Å². The highest BCUT2D eigenvalue weighted by Gasteiger charge is 2.10. The van der Waals surface area contributed by atoms with E-state index in [0.29, 0.717) is 11.6 Å². The first-order valence-electron chi connectivity index (χ1n) is 5.69. The summed E-state index contributed by atoms with van der Waals surface area (Å²) in [5.74, 6) is 0.657. The molecule has 2 rings (SSSR count). The maximum Gasteiger partial charge on any atom is 0.161 e. The molecule has 1 heterocycles. The fourth-order valence-electron chi connectivity index (χ4n) is 1.64. The fraction of sp³-hybridized carbons (Fsp3) is 0.231. The number of anilines is 1. The number of aromatic nitrogens is 2. The molecular formula is C13H13BrFN3. The van der Waals surface area contributed by atoms with Gasteiger partial charge in [-0.2, -0.15) is 0 Å². The van der Waals surface area contributed by atoms with Gasteiger partial charge in [0.05, 0.1) is 10.2 Å². The molecule has 0 fully saturated rings. The van der Waals surface area contributed by atoms with Gasteiger partial charge < -0.3 is 5.73 Å². The molecule has 18 heavy (non-hydrogen) atoms. The van der Waals surface area contributed by atoms with Crippen molar-refractivity contribution in [1.29, 1.82) is 0 Å². The molecule has 0 aliphatic rings. The standard InChI is InChI=1S/C13H13BrFN3/c1-2-3-10-11(14)12(16)18-13(17-10)8-4-6-9(15)7-5-8/h4-7H,2-3H2,1H3,(H2,16,17,18). The SMILES string of the molecule is CCCc1nc(-c2ccc(F)cc2)nc(N)c1Br. The Labute approximate surface area is 113 Å². The number of aryl methyl sites for hydroxylation is 1. The maximum atomic E-state index is 12.9. The van der Waals surface area contributed by atoms with Crippen molar-refractivity contribution in [3.63, 3.8) is 0 Å². The lowest BCUT2D eigenvalue weighted by Gasteiger charge is -2.08. The molecule has 0 aliphatic heterocycles. The third-order valence-corrected chi connectivity index (χ3v) is 3.40. The van der Waals surface area contributed by atoms with Gasteiger partial charge in [0.1, 0.15) is 11.6 Å². The highest BCUT2D eigenvalue weighted by molar-refractivity contribution is 9.10. The summed E-state index contributed by atoms with van der Waals surface area (Å²) < 4.78 is 13.6. The largest absolute Gasteiger partial charge is 0.383 e. The minimum atomic E-state index is -0.280. The summed E-state index contributed by atoms with van der Waals surface area (Å²) in [6.07, 6.45) is 1.79. The topological polar surface area (TPSA) is 51.8 Å². The number of nitrogens with zero attached hydrogens (tertiary/aromatic N) is 2. The number of hydrogen-bond donors (Lipinski definition) is 1. The minimum Gasteiger partial charge on any atom is -0.383 e. The molecule has 0 bridgehead atoms. The van der Waals surface area contributed by atoms with E-state index in [4.69, 9.17) is 5.73 Å². The molecule has 5 heteroatoms. The molecule has 0 amide bonds. The van der Waals surface area contributed by atoms with E-state index in [0.717, 1.165) is 28.6 Å². The van der Waals surface area contributed by atoms with Crippen LogP contribution < -0.4 is 5.73 Å². The second-order valence-corrected chi connectivity index (χ2v) is 4.74. The van der Waals surface area contributed by atoms with Gasteiger partial charge in [0, 0.05) is 5.56 Å². The van der Waals surface area contributed by atoms with Gasteiger partial charge in [-0.1, -0.05) is 13.3 Å². The number of nitrogen functional groups attached to an aromatic ring is 1. The van der Waals surface area contributed by atoms with E-state index in [1.807, 2.05) is 0 Å². The van der Waals surface area contributed by atoms with Gasteiger partial charge in [-0.15, -0.1) is 0 Å². The zero-order valence-electron chi connectivity index (χ0n) is 9.95. The van der Waals surface area contributed by atoms with Crippen LogP contribution in [0, 0.1) is 5.82 Å². The van der Waals surface area contributed by atoms with Crippen LogP contribution in [0.15, 0.2) is 28.7 Å². The molecule has 0 saturated heterocycles. The number of nitrogens with two attached hydrogens (primary N) is 1. The van der Waals surface area contributed by atoms with Gasteiger partial charge in [0.25, 0.3) is 0 Å². The minimum absolute atomic E-state index is 0.280. The van der Waals surface area contributed by atoms with Crippen LogP contribution in [0.3, 0.4) is 0 Å². The Hall–Kier alpha value is -1.49. The van der Waals surface area contributed by atoms with Crippen LogP contribution in [0.1, 0.15) is 19.0 Å².